The molecule has 2 aromatic heterocycles. The molecule has 2 aromatic carbocycles. The van der Waals surface area contributed by atoms with Gasteiger partial charge in [-0.25, -0.2) is 4.98 Å². The molecule has 0 spiro atoms. The summed E-state index contributed by atoms with van der Waals surface area (Å²) in [6.07, 6.45) is 3.68. The van der Waals surface area contributed by atoms with Crippen LogP contribution in [0, 0.1) is 0 Å². The van der Waals surface area contributed by atoms with Gasteiger partial charge in [0, 0.05) is 35.8 Å². The first kappa shape index (κ1) is 19.3. The van der Waals surface area contributed by atoms with Gasteiger partial charge in [0.2, 0.25) is 5.91 Å². The number of nitrogens with zero attached hydrogens (tertiary/aromatic N) is 2. The summed E-state index contributed by atoms with van der Waals surface area (Å²) in [5.74, 6) is -0.292. The molecule has 0 radical (unpaired) electrons. The number of anilines is 1. The molecule has 154 valence electrons. The van der Waals surface area contributed by atoms with Crippen LogP contribution in [0.1, 0.15) is 21.7 Å². The average molecular weight is 430 g/mol. The molecule has 0 unspecified atom stereocenters. The van der Waals surface area contributed by atoms with E-state index >= 15 is 0 Å². The van der Waals surface area contributed by atoms with Crippen molar-refractivity contribution in [3.8, 4) is 10.6 Å². The third-order valence-corrected chi connectivity index (χ3v) is 6.20. The second-order valence-electron chi connectivity index (χ2n) is 7.30. The molecule has 0 saturated carbocycles. The fraction of sp³-hybridized carbons (Fsp3) is 0.125. The quantitative estimate of drug-likeness (QED) is 0.514. The third kappa shape index (κ3) is 3.87. The van der Waals surface area contributed by atoms with Crippen molar-refractivity contribution in [1.29, 1.82) is 0 Å². The summed E-state index contributed by atoms with van der Waals surface area (Å²) >= 11 is 1.56. The van der Waals surface area contributed by atoms with Gasteiger partial charge < -0.3 is 14.6 Å². The highest BCUT2D eigenvalue weighted by molar-refractivity contribution is 7.13. The van der Waals surface area contributed by atoms with Crippen LogP contribution in [0.4, 0.5) is 5.69 Å². The number of hydrogen-bond donors (Lipinski definition) is 1. The van der Waals surface area contributed by atoms with Gasteiger partial charge in [-0.05, 0) is 47.5 Å². The number of thiazole rings is 1. The largest absolute Gasteiger partial charge is 0.459 e. The lowest BCUT2D eigenvalue weighted by Gasteiger charge is -2.35. The van der Waals surface area contributed by atoms with E-state index in [4.69, 9.17) is 4.42 Å². The number of amides is 2. The zero-order chi connectivity index (χ0) is 21.2. The molecule has 0 saturated heterocycles. The Bertz CT molecular complexity index is 1200. The van der Waals surface area contributed by atoms with Crippen LogP contribution >= 0.6 is 11.3 Å². The molecule has 1 aliphatic rings. The van der Waals surface area contributed by atoms with Gasteiger partial charge in [0.1, 0.15) is 11.0 Å². The molecular weight excluding hydrogens is 410 g/mol. The second kappa shape index (κ2) is 8.20. The number of aromatic nitrogens is 1. The van der Waals surface area contributed by atoms with Crippen molar-refractivity contribution in [2.45, 2.75) is 19.0 Å². The topological polar surface area (TPSA) is 75.4 Å². The number of furan rings is 1. The number of nitrogens with one attached hydrogen (secondary N) is 1. The summed E-state index contributed by atoms with van der Waals surface area (Å²) in [5.41, 5.74) is 3.79. The van der Waals surface area contributed by atoms with Crippen LogP contribution in [0.25, 0.3) is 10.6 Å². The predicted octanol–water partition coefficient (Wildman–Crippen LogP) is 4.61. The second-order valence-corrected chi connectivity index (χ2v) is 8.20. The SMILES string of the molecule is O=C(Nc1ccc(-c2nccs2)cc1)[C@H]1Cc2ccccc2CN1C(=O)c1ccco1. The first-order valence-electron chi connectivity index (χ1n) is 9.91. The van der Waals surface area contributed by atoms with E-state index in [1.807, 2.05) is 53.9 Å². The van der Waals surface area contributed by atoms with Crippen molar-refractivity contribution < 1.29 is 14.0 Å². The minimum atomic E-state index is -0.633. The summed E-state index contributed by atoms with van der Waals surface area (Å²) in [6.45, 7) is 0.358. The lowest BCUT2D eigenvalue weighted by molar-refractivity contribution is -0.121. The zero-order valence-electron chi connectivity index (χ0n) is 16.5. The van der Waals surface area contributed by atoms with E-state index in [-0.39, 0.29) is 17.6 Å². The third-order valence-electron chi connectivity index (χ3n) is 5.38. The number of carbonyl (C=O) groups is 2. The molecule has 1 aliphatic heterocycles. The maximum atomic E-state index is 13.2. The molecular formula is C24H19N3O3S. The van der Waals surface area contributed by atoms with Gasteiger partial charge in [-0.1, -0.05) is 24.3 Å². The van der Waals surface area contributed by atoms with Crippen LogP contribution in [0.2, 0.25) is 0 Å². The van der Waals surface area contributed by atoms with Crippen LogP contribution in [0.3, 0.4) is 0 Å². The first-order valence-corrected chi connectivity index (χ1v) is 10.8. The van der Waals surface area contributed by atoms with Crippen molar-refractivity contribution in [2.24, 2.45) is 0 Å². The minimum absolute atomic E-state index is 0.226. The highest BCUT2D eigenvalue weighted by Crippen LogP contribution is 2.27. The van der Waals surface area contributed by atoms with Gasteiger partial charge in [0.25, 0.3) is 5.91 Å². The highest BCUT2D eigenvalue weighted by atomic mass is 32.1. The van der Waals surface area contributed by atoms with Gasteiger partial charge >= 0.3 is 0 Å². The molecule has 0 fully saturated rings. The van der Waals surface area contributed by atoms with Crippen LogP contribution < -0.4 is 5.32 Å². The molecule has 0 bridgehead atoms. The van der Waals surface area contributed by atoms with Gasteiger partial charge in [0.05, 0.1) is 6.26 Å². The Morgan fingerprint density at radius 1 is 1.03 bits per heavy atom. The number of benzene rings is 2. The summed E-state index contributed by atoms with van der Waals surface area (Å²) < 4.78 is 5.30. The molecule has 6 nitrogen and oxygen atoms in total. The number of rotatable bonds is 4. The first-order chi connectivity index (χ1) is 15.2. The van der Waals surface area contributed by atoms with Gasteiger partial charge in [-0.15, -0.1) is 11.3 Å². The van der Waals surface area contributed by atoms with E-state index in [0.29, 0.717) is 18.7 Å². The normalized spacial score (nSPS) is 15.4. The van der Waals surface area contributed by atoms with Gasteiger partial charge in [-0.3, -0.25) is 9.59 Å². The Morgan fingerprint density at radius 3 is 2.55 bits per heavy atom. The Balaban J connectivity index is 1.39. The molecule has 1 N–H and O–H groups in total. The van der Waals surface area contributed by atoms with Crippen LogP contribution in [-0.4, -0.2) is 27.7 Å². The molecule has 5 rings (SSSR count). The standard InChI is InChI=1S/C24H19N3O3S/c28-22(26-19-9-7-16(8-10-19)23-25-11-13-31-23)20-14-17-4-1-2-5-18(17)15-27(20)24(29)21-6-3-12-30-21/h1-13,20H,14-15H2,(H,26,28)/t20-/m1/s1. The molecule has 3 heterocycles. The Labute approximate surface area is 183 Å². The molecule has 1 atom stereocenters. The Hall–Kier alpha value is -3.71. The van der Waals surface area contributed by atoms with Crippen LogP contribution in [-0.2, 0) is 17.8 Å². The Morgan fingerprint density at radius 2 is 1.84 bits per heavy atom. The van der Waals surface area contributed by atoms with Crippen LogP contribution in [0.5, 0.6) is 0 Å². The van der Waals surface area contributed by atoms with Crippen molar-refractivity contribution in [1.82, 2.24) is 9.88 Å². The van der Waals surface area contributed by atoms with Crippen molar-refractivity contribution in [3.05, 3.63) is 95.4 Å². The Kier molecular flexibility index (Phi) is 5.09. The monoisotopic (exact) mass is 429 g/mol. The lowest BCUT2D eigenvalue weighted by atomic mass is 9.93. The van der Waals surface area contributed by atoms with E-state index in [1.165, 1.54) is 6.26 Å². The van der Waals surface area contributed by atoms with Gasteiger partial charge in [0.15, 0.2) is 5.76 Å². The van der Waals surface area contributed by atoms with E-state index in [2.05, 4.69) is 10.3 Å². The van der Waals surface area contributed by atoms with Crippen molar-refractivity contribution in [2.75, 3.05) is 5.32 Å². The summed E-state index contributed by atoms with van der Waals surface area (Å²) in [4.78, 5) is 32.2. The van der Waals surface area contributed by atoms with E-state index in [1.54, 1.807) is 34.6 Å². The van der Waals surface area contributed by atoms with E-state index < -0.39 is 6.04 Å². The molecule has 0 aliphatic carbocycles. The van der Waals surface area contributed by atoms with Crippen LogP contribution in [0.15, 0.2) is 82.9 Å². The molecule has 31 heavy (non-hydrogen) atoms. The highest BCUT2D eigenvalue weighted by Gasteiger charge is 2.36. The molecule has 2 amide bonds. The van der Waals surface area contributed by atoms with Crippen molar-refractivity contribution in [3.63, 3.8) is 0 Å². The predicted molar refractivity (Wildman–Crippen MR) is 119 cm³/mol. The summed E-state index contributed by atoms with van der Waals surface area (Å²) in [5, 5.41) is 5.82. The fourth-order valence-corrected chi connectivity index (χ4v) is 4.44. The van der Waals surface area contributed by atoms with Crippen molar-refractivity contribution >= 4 is 28.8 Å². The maximum Gasteiger partial charge on any atom is 0.290 e. The number of fused-ring (bicyclic) bond motifs is 1. The fourth-order valence-electron chi connectivity index (χ4n) is 3.80. The lowest BCUT2D eigenvalue weighted by Crippen LogP contribution is -2.50. The summed E-state index contributed by atoms with van der Waals surface area (Å²) in [7, 11) is 0. The van der Waals surface area contributed by atoms with Gasteiger partial charge in [-0.2, -0.15) is 0 Å². The summed E-state index contributed by atoms with van der Waals surface area (Å²) in [6, 6.07) is 18.1. The smallest absolute Gasteiger partial charge is 0.290 e. The minimum Gasteiger partial charge on any atom is -0.459 e. The van der Waals surface area contributed by atoms with E-state index in [0.717, 1.165) is 21.7 Å². The molecule has 7 heteroatoms. The van der Waals surface area contributed by atoms with E-state index in [9.17, 15) is 9.59 Å². The zero-order valence-corrected chi connectivity index (χ0v) is 17.3. The maximum absolute atomic E-state index is 13.2. The average Bonchev–Trinajstić information content (AvgIpc) is 3.53. The molecule has 4 aromatic rings. The number of hydrogen-bond acceptors (Lipinski definition) is 5. The number of carbonyl (C=O) groups excluding carboxylic acids is 2.